The van der Waals surface area contributed by atoms with Gasteiger partial charge in [-0.15, -0.1) is 0 Å². The third-order valence-corrected chi connectivity index (χ3v) is 4.01. The minimum atomic E-state index is -0.122. The van der Waals surface area contributed by atoms with E-state index in [1.165, 1.54) is 0 Å². The van der Waals surface area contributed by atoms with Crippen molar-refractivity contribution in [2.24, 2.45) is 7.05 Å². The SMILES string of the molecule is Cc1nc2ccc(NC(=O)c3ccc4ccn(C)c4c3)cc2[nH]1. The van der Waals surface area contributed by atoms with Crippen molar-refractivity contribution in [3.8, 4) is 0 Å². The van der Waals surface area contributed by atoms with Crippen molar-refractivity contribution < 1.29 is 4.79 Å². The molecule has 0 fully saturated rings. The number of imidazole rings is 1. The monoisotopic (exact) mass is 304 g/mol. The molecule has 0 saturated heterocycles. The van der Waals surface area contributed by atoms with Crippen LogP contribution in [0.3, 0.4) is 0 Å². The van der Waals surface area contributed by atoms with Crippen molar-refractivity contribution in [3.05, 3.63) is 60.0 Å². The van der Waals surface area contributed by atoms with Crippen molar-refractivity contribution in [1.82, 2.24) is 14.5 Å². The van der Waals surface area contributed by atoms with Gasteiger partial charge in [0.2, 0.25) is 0 Å². The highest BCUT2D eigenvalue weighted by molar-refractivity contribution is 6.06. The van der Waals surface area contributed by atoms with Gasteiger partial charge in [-0.25, -0.2) is 4.98 Å². The lowest BCUT2D eigenvalue weighted by Crippen LogP contribution is -2.11. The Morgan fingerprint density at radius 3 is 2.91 bits per heavy atom. The number of aromatic amines is 1. The van der Waals surface area contributed by atoms with E-state index in [-0.39, 0.29) is 5.91 Å². The van der Waals surface area contributed by atoms with E-state index >= 15 is 0 Å². The summed E-state index contributed by atoms with van der Waals surface area (Å²) in [4.78, 5) is 20.0. The lowest BCUT2D eigenvalue weighted by atomic mass is 10.1. The maximum absolute atomic E-state index is 12.5. The Morgan fingerprint density at radius 1 is 1.17 bits per heavy atom. The summed E-state index contributed by atoms with van der Waals surface area (Å²) in [5.41, 5.74) is 4.24. The molecule has 4 aromatic rings. The lowest BCUT2D eigenvalue weighted by Gasteiger charge is -2.06. The molecule has 5 heteroatoms. The molecule has 114 valence electrons. The normalized spacial score (nSPS) is 11.2. The Hall–Kier alpha value is -3.08. The van der Waals surface area contributed by atoms with Gasteiger partial charge in [0, 0.05) is 30.0 Å². The molecule has 4 rings (SSSR count). The second-order valence-electron chi connectivity index (χ2n) is 5.71. The number of aryl methyl sites for hydroxylation is 2. The Morgan fingerprint density at radius 2 is 2.04 bits per heavy atom. The van der Waals surface area contributed by atoms with Gasteiger partial charge < -0.3 is 14.9 Å². The largest absolute Gasteiger partial charge is 0.351 e. The van der Waals surface area contributed by atoms with Crippen molar-refractivity contribution in [2.75, 3.05) is 5.32 Å². The minimum absolute atomic E-state index is 0.122. The molecule has 2 heterocycles. The van der Waals surface area contributed by atoms with Gasteiger partial charge in [-0.2, -0.15) is 0 Å². The predicted molar refractivity (Wildman–Crippen MR) is 91.7 cm³/mol. The van der Waals surface area contributed by atoms with Gasteiger partial charge in [0.15, 0.2) is 0 Å². The van der Waals surface area contributed by atoms with Crippen LogP contribution in [-0.4, -0.2) is 20.4 Å². The van der Waals surface area contributed by atoms with Crippen LogP contribution in [0, 0.1) is 6.92 Å². The van der Waals surface area contributed by atoms with E-state index in [1.54, 1.807) is 0 Å². The number of hydrogen-bond acceptors (Lipinski definition) is 2. The van der Waals surface area contributed by atoms with Crippen molar-refractivity contribution >= 4 is 33.5 Å². The average molecular weight is 304 g/mol. The third-order valence-electron chi connectivity index (χ3n) is 4.01. The summed E-state index contributed by atoms with van der Waals surface area (Å²) in [5, 5.41) is 4.06. The summed E-state index contributed by atoms with van der Waals surface area (Å²) in [7, 11) is 1.97. The molecule has 0 bridgehead atoms. The fourth-order valence-corrected chi connectivity index (χ4v) is 2.82. The summed E-state index contributed by atoms with van der Waals surface area (Å²) in [6, 6.07) is 13.4. The number of carbonyl (C=O) groups excluding carboxylic acids is 1. The van der Waals surface area contributed by atoms with Crippen LogP contribution in [0.2, 0.25) is 0 Å². The van der Waals surface area contributed by atoms with Gasteiger partial charge in [-0.3, -0.25) is 4.79 Å². The van der Waals surface area contributed by atoms with E-state index in [4.69, 9.17) is 0 Å². The number of anilines is 1. The number of benzene rings is 2. The summed E-state index contributed by atoms with van der Waals surface area (Å²) in [5.74, 6) is 0.737. The maximum atomic E-state index is 12.5. The molecule has 0 aliphatic heterocycles. The molecule has 0 aliphatic rings. The van der Waals surface area contributed by atoms with E-state index in [1.807, 2.05) is 67.2 Å². The molecule has 2 N–H and O–H groups in total. The van der Waals surface area contributed by atoms with Gasteiger partial charge >= 0.3 is 0 Å². The van der Waals surface area contributed by atoms with Crippen LogP contribution in [-0.2, 0) is 7.05 Å². The summed E-state index contributed by atoms with van der Waals surface area (Å²) in [6.07, 6.45) is 1.99. The molecule has 0 saturated carbocycles. The zero-order chi connectivity index (χ0) is 16.0. The Bertz CT molecular complexity index is 1040. The number of aromatic nitrogens is 3. The number of nitrogens with zero attached hydrogens (tertiary/aromatic N) is 2. The zero-order valence-electron chi connectivity index (χ0n) is 12.9. The fraction of sp³-hybridized carbons (Fsp3) is 0.111. The van der Waals surface area contributed by atoms with Crippen LogP contribution >= 0.6 is 0 Å². The van der Waals surface area contributed by atoms with Gasteiger partial charge in [0.05, 0.1) is 11.0 Å². The predicted octanol–water partition coefficient (Wildman–Crippen LogP) is 3.62. The molecular weight excluding hydrogens is 288 g/mol. The van der Waals surface area contributed by atoms with Crippen LogP contribution in [0.1, 0.15) is 16.2 Å². The minimum Gasteiger partial charge on any atom is -0.351 e. The highest BCUT2D eigenvalue weighted by Crippen LogP contribution is 2.20. The lowest BCUT2D eigenvalue weighted by molar-refractivity contribution is 0.102. The first-order valence-electron chi connectivity index (χ1n) is 7.43. The molecule has 2 aromatic heterocycles. The molecule has 0 radical (unpaired) electrons. The number of fused-ring (bicyclic) bond motifs is 2. The molecule has 0 atom stereocenters. The smallest absolute Gasteiger partial charge is 0.255 e. The number of hydrogen-bond donors (Lipinski definition) is 2. The molecule has 0 unspecified atom stereocenters. The van der Waals surface area contributed by atoms with Crippen LogP contribution < -0.4 is 5.32 Å². The van der Waals surface area contributed by atoms with Gasteiger partial charge in [-0.1, -0.05) is 6.07 Å². The molecular formula is C18H16N4O. The van der Waals surface area contributed by atoms with Gasteiger partial charge in [0.25, 0.3) is 5.91 Å². The standard InChI is InChI=1S/C18H16N4O/c1-11-19-15-6-5-14(10-16(15)20-11)21-18(23)13-4-3-12-7-8-22(2)17(12)9-13/h3-10H,1-2H3,(H,19,20)(H,21,23). The van der Waals surface area contributed by atoms with E-state index < -0.39 is 0 Å². The van der Waals surface area contributed by atoms with E-state index in [2.05, 4.69) is 15.3 Å². The second-order valence-corrected chi connectivity index (χ2v) is 5.71. The molecule has 0 aliphatic carbocycles. The quantitative estimate of drug-likeness (QED) is 0.594. The third kappa shape index (κ3) is 2.36. The fourth-order valence-electron chi connectivity index (χ4n) is 2.82. The number of rotatable bonds is 2. The number of H-pyrrole nitrogens is 1. The van der Waals surface area contributed by atoms with Crippen LogP contribution in [0.4, 0.5) is 5.69 Å². The molecule has 23 heavy (non-hydrogen) atoms. The highest BCUT2D eigenvalue weighted by Gasteiger charge is 2.09. The zero-order valence-corrected chi connectivity index (χ0v) is 12.9. The van der Waals surface area contributed by atoms with Crippen LogP contribution in [0.5, 0.6) is 0 Å². The highest BCUT2D eigenvalue weighted by atomic mass is 16.1. The maximum Gasteiger partial charge on any atom is 0.255 e. The first-order valence-corrected chi connectivity index (χ1v) is 7.43. The van der Waals surface area contributed by atoms with Crippen LogP contribution in [0.15, 0.2) is 48.7 Å². The van der Waals surface area contributed by atoms with E-state index in [0.717, 1.165) is 33.4 Å². The Labute approximate surface area is 133 Å². The van der Waals surface area contributed by atoms with E-state index in [9.17, 15) is 4.79 Å². The number of carbonyl (C=O) groups is 1. The molecule has 2 aromatic carbocycles. The number of amides is 1. The van der Waals surface area contributed by atoms with Crippen molar-refractivity contribution in [2.45, 2.75) is 6.92 Å². The topological polar surface area (TPSA) is 62.7 Å². The Balaban J connectivity index is 1.65. The summed E-state index contributed by atoms with van der Waals surface area (Å²) < 4.78 is 2.01. The molecule has 0 spiro atoms. The molecule has 5 nitrogen and oxygen atoms in total. The first-order chi connectivity index (χ1) is 11.1. The van der Waals surface area contributed by atoms with Gasteiger partial charge in [0.1, 0.15) is 5.82 Å². The Kier molecular flexibility index (Phi) is 2.94. The van der Waals surface area contributed by atoms with Crippen molar-refractivity contribution in [1.29, 1.82) is 0 Å². The molecule has 1 amide bonds. The number of nitrogens with one attached hydrogen (secondary N) is 2. The van der Waals surface area contributed by atoms with Crippen LogP contribution in [0.25, 0.3) is 21.9 Å². The van der Waals surface area contributed by atoms with Crippen molar-refractivity contribution in [3.63, 3.8) is 0 Å². The average Bonchev–Trinajstić information content (AvgIpc) is 3.09. The summed E-state index contributed by atoms with van der Waals surface area (Å²) in [6.45, 7) is 1.91. The van der Waals surface area contributed by atoms with E-state index in [0.29, 0.717) is 5.56 Å². The first kappa shape index (κ1) is 13.6. The van der Waals surface area contributed by atoms with Gasteiger partial charge in [-0.05, 0) is 48.7 Å². The second kappa shape index (κ2) is 4.98. The summed E-state index contributed by atoms with van der Waals surface area (Å²) >= 11 is 0.